The highest BCUT2D eigenvalue weighted by Gasteiger charge is 2.09. The Labute approximate surface area is 101 Å². The van der Waals surface area contributed by atoms with Crippen molar-refractivity contribution in [3.63, 3.8) is 0 Å². The minimum atomic E-state index is -0.590. The molecule has 0 atom stereocenters. The molecule has 0 aromatic rings. The molecular formula is C12H18O5. The molecule has 0 N–H and O–H groups in total. The highest BCUT2D eigenvalue weighted by Crippen LogP contribution is 1.98. The fourth-order valence-electron chi connectivity index (χ4n) is 0.945. The maximum absolute atomic E-state index is 11.0. The van der Waals surface area contributed by atoms with Gasteiger partial charge in [0.05, 0.1) is 6.42 Å². The van der Waals surface area contributed by atoms with E-state index in [9.17, 15) is 14.4 Å². The topological polar surface area (TPSA) is 69.7 Å². The number of ketones is 1. The summed E-state index contributed by atoms with van der Waals surface area (Å²) < 4.78 is 9.48. The van der Waals surface area contributed by atoms with E-state index in [0.717, 1.165) is 0 Å². The van der Waals surface area contributed by atoms with Crippen LogP contribution in [0.15, 0.2) is 12.2 Å². The Balaban J connectivity index is 3.57. The highest BCUT2D eigenvalue weighted by molar-refractivity contribution is 5.95. The third-order valence-electron chi connectivity index (χ3n) is 1.79. The van der Waals surface area contributed by atoms with Crippen LogP contribution in [0.4, 0.5) is 0 Å². The molecule has 5 nitrogen and oxygen atoms in total. The number of Topliss-reactive ketones (excluding diaryl/α,β-unsaturated/α-hetero) is 1. The van der Waals surface area contributed by atoms with Crippen LogP contribution in [-0.2, 0) is 23.9 Å². The van der Waals surface area contributed by atoms with Crippen LogP contribution >= 0.6 is 0 Å². The Kier molecular flexibility index (Phi) is 7.67. The first-order valence-electron chi connectivity index (χ1n) is 5.43. The van der Waals surface area contributed by atoms with Gasteiger partial charge in [-0.2, -0.15) is 0 Å². The summed E-state index contributed by atoms with van der Waals surface area (Å²) in [6.07, 6.45) is 0.237. The summed E-state index contributed by atoms with van der Waals surface area (Å²) in [5, 5.41) is 0. The molecule has 0 aromatic heterocycles. The zero-order chi connectivity index (χ0) is 13.3. The molecule has 0 amide bonds. The molecule has 0 saturated carbocycles. The lowest BCUT2D eigenvalue weighted by Crippen LogP contribution is -2.16. The summed E-state index contributed by atoms with van der Waals surface area (Å²) in [5.41, 5.74) is 0.709. The summed E-state index contributed by atoms with van der Waals surface area (Å²) in [6, 6.07) is 0. The number of carbonyl (C=O) groups is 3. The molecule has 0 aliphatic carbocycles. The molecule has 0 aliphatic rings. The molecule has 0 unspecified atom stereocenters. The van der Waals surface area contributed by atoms with E-state index in [2.05, 4.69) is 6.58 Å². The monoisotopic (exact) mass is 242 g/mol. The van der Waals surface area contributed by atoms with Crippen LogP contribution in [0.1, 0.15) is 33.1 Å². The van der Waals surface area contributed by atoms with Crippen LogP contribution in [0.5, 0.6) is 0 Å². The Morgan fingerprint density at radius 2 is 1.47 bits per heavy atom. The lowest BCUT2D eigenvalue weighted by molar-refractivity contribution is -0.153. The molecule has 0 fully saturated rings. The summed E-state index contributed by atoms with van der Waals surface area (Å²) in [7, 11) is 0. The Hall–Kier alpha value is -1.65. The van der Waals surface area contributed by atoms with Gasteiger partial charge in [-0.1, -0.05) is 19.1 Å². The van der Waals surface area contributed by atoms with E-state index < -0.39 is 11.9 Å². The molecule has 0 radical (unpaired) electrons. The molecule has 0 saturated heterocycles. The molecule has 0 aromatic carbocycles. The first kappa shape index (κ1) is 15.3. The van der Waals surface area contributed by atoms with Gasteiger partial charge >= 0.3 is 11.9 Å². The predicted molar refractivity (Wildman–Crippen MR) is 61.3 cm³/mol. The van der Waals surface area contributed by atoms with Gasteiger partial charge in [0.2, 0.25) is 0 Å². The van der Waals surface area contributed by atoms with Crippen molar-refractivity contribution < 1.29 is 23.9 Å². The largest absolute Gasteiger partial charge is 0.462 e. The van der Waals surface area contributed by atoms with E-state index in [0.29, 0.717) is 12.0 Å². The SMILES string of the molecule is C=C(C)CC(=O)OCCOC(=O)CC(=O)CC. The van der Waals surface area contributed by atoms with Crippen molar-refractivity contribution in [3.8, 4) is 0 Å². The summed E-state index contributed by atoms with van der Waals surface area (Å²) >= 11 is 0. The van der Waals surface area contributed by atoms with E-state index >= 15 is 0 Å². The second-order valence-electron chi connectivity index (χ2n) is 3.64. The maximum atomic E-state index is 11.0. The molecule has 0 spiro atoms. The van der Waals surface area contributed by atoms with Gasteiger partial charge in [-0.25, -0.2) is 0 Å². The second-order valence-corrected chi connectivity index (χ2v) is 3.64. The maximum Gasteiger partial charge on any atom is 0.313 e. The van der Waals surface area contributed by atoms with Crippen LogP contribution in [0.25, 0.3) is 0 Å². The molecule has 0 aliphatic heterocycles. The van der Waals surface area contributed by atoms with Crippen molar-refractivity contribution in [2.75, 3.05) is 13.2 Å². The van der Waals surface area contributed by atoms with Gasteiger partial charge in [0, 0.05) is 6.42 Å². The summed E-state index contributed by atoms with van der Waals surface area (Å²) in [6.45, 7) is 6.93. The van der Waals surface area contributed by atoms with E-state index in [1.807, 2.05) is 0 Å². The molecule has 5 heteroatoms. The molecule has 0 heterocycles. The number of rotatable bonds is 8. The number of esters is 2. The van der Waals surface area contributed by atoms with E-state index in [1.54, 1.807) is 13.8 Å². The van der Waals surface area contributed by atoms with E-state index in [-0.39, 0.29) is 31.8 Å². The van der Waals surface area contributed by atoms with Crippen molar-refractivity contribution in [2.24, 2.45) is 0 Å². The van der Waals surface area contributed by atoms with Gasteiger partial charge in [-0.3, -0.25) is 14.4 Å². The van der Waals surface area contributed by atoms with Gasteiger partial charge in [0.25, 0.3) is 0 Å². The van der Waals surface area contributed by atoms with Crippen molar-refractivity contribution in [2.45, 2.75) is 33.1 Å². The molecule has 17 heavy (non-hydrogen) atoms. The quantitative estimate of drug-likeness (QED) is 0.278. The number of ether oxygens (including phenoxy) is 2. The van der Waals surface area contributed by atoms with Crippen LogP contribution in [0.2, 0.25) is 0 Å². The minimum absolute atomic E-state index is 0.00182. The minimum Gasteiger partial charge on any atom is -0.462 e. The third kappa shape index (κ3) is 9.29. The first-order valence-corrected chi connectivity index (χ1v) is 5.43. The van der Waals surface area contributed by atoms with Crippen LogP contribution in [0, 0.1) is 0 Å². The van der Waals surface area contributed by atoms with Gasteiger partial charge in [-0.15, -0.1) is 0 Å². The Morgan fingerprint density at radius 1 is 1.00 bits per heavy atom. The Morgan fingerprint density at radius 3 is 1.88 bits per heavy atom. The fraction of sp³-hybridized carbons (Fsp3) is 0.583. The molecule has 0 bridgehead atoms. The van der Waals surface area contributed by atoms with Gasteiger partial charge in [0.15, 0.2) is 0 Å². The molecule has 96 valence electrons. The van der Waals surface area contributed by atoms with Gasteiger partial charge in [0.1, 0.15) is 25.4 Å². The number of hydrogen-bond donors (Lipinski definition) is 0. The molecule has 0 rings (SSSR count). The fourth-order valence-corrected chi connectivity index (χ4v) is 0.945. The zero-order valence-electron chi connectivity index (χ0n) is 10.3. The predicted octanol–water partition coefficient (Wildman–Crippen LogP) is 1.41. The highest BCUT2D eigenvalue weighted by atomic mass is 16.6. The molecular weight excluding hydrogens is 224 g/mol. The average molecular weight is 242 g/mol. The normalized spacial score (nSPS) is 9.53. The van der Waals surface area contributed by atoms with E-state index in [1.165, 1.54) is 0 Å². The standard InChI is InChI=1S/C12H18O5/c1-4-10(13)8-12(15)17-6-5-16-11(14)7-9(2)3/h2,4-8H2,1,3H3. The van der Waals surface area contributed by atoms with Crippen molar-refractivity contribution in [1.82, 2.24) is 0 Å². The first-order chi connectivity index (χ1) is 7.95. The zero-order valence-corrected chi connectivity index (χ0v) is 10.3. The summed E-state index contributed by atoms with van der Waals surface area (Å²) in [4.78, 5) is 33.0. The van der Waals surface area contributed by atoms with Crippen molar-refractivity contribution in [1.29, 1.82) is 0 Å². The van der Waals surface area contributed by atoms with E-state index in [4.69, 9.17) is 9.47 Å². The van der Waals surface area contributed by atoms with Crippen molar-refractivity contribution >= 4 is 17.7 Å². The van der Waals surface area contributed by atoms with Crippen LogP contribution < -0.4 is 0 Å². The van der Waals surface area contributed by atoms with Gasteiger partial charge < -0.3 is 9.47 Å². The Bertz CT molecular complexity index is 306. The number of carbonyl (C=O) groups excluding carboxylic acids is 3. The second kappa shape index (κ2) is 8.50. The van der Waals surface area contributed by atoms with Crippen LogP contribution in [0.3, 0.4) is 0 Å². The third-order valence-corrected chi connectivity index (χ3v) is 1.79. The number of hydrogen-bond acceptors (Lipinski definition) is 5. The summed E-state index contributed by atoms with van der Waals surface area (Å²) in [5.74, 6) is -1.17. The average Bonchev–Trinajstić information content (AvgIpc) is 2.23. The van der Waals surface area contributed by atoms with Crippen molar-refractivity contribution in [3.05, 3.63) is 12.2 Å². The smallest absolute Gasteiger partial charge is 0.313 e. The lowest BCUT2D eigenvalue weighted by Gasteiger charge is -2.05. The van der Waals surface area contributed by atoms with Crippen LogP contribution in [-0.4, -0.2) is 30.9 Å². The lowest BCUT2D eigenvalue weighted by atomic mass is 10.2. The van der Waals surface area contributed by atoms with Gasteiger partial charge in [-0.05, 0) is 6.92 Å².